The van der Waals surface area contributed by atoms with Crippen LogP contribution in [-0.4, -0.2) is 39.9 Å². The van der Waals surface area contributed by atoms with Crippen molar-refractivity contribution in [3.63, 3.8) is 0 Å². The normalized spacial score (nSPS) is 18.4. The maximum Gasteiger partial charge on any atom is 0.331 e. The number of esters is 1. The van der Waals surface area contributed by atoms with Crippen LogP contribution in [0, 0.1) is 6.92 Å². The number of fused-ring (bicyclic) bond motifs is 4. The van der Waals surface area contributed by atoms with Gasteiger partial charge in [-0.1, -0.05) is 25.1 Å². The predicted molar refractivity (Wildman–Crippen MR) is 128 cm³/mol. The Hall–Kier alpha value is -3.36. The first-order valence-electron chi connectivity index (χ1n) is 11.8. The molecule has 0 spiro atoms. The molecular formula is C26H28N4O4. The molecule has 0 aliphatic carbocycles. The van der Waals surface area contributed by atoms with E-state index >= 15 is 0 Å². The molecule has 0 amide bonds. The van der Waals surface area contributed by atoms with Crippen LogP contribution >= 0.6 is 0 Å². The molecule has 8 nitrogen and oxygen atoms in total. The van der Waals surface area contributed by atoms with Crippen LogP contribution in [0.25, 0.3) is 22.3 Å². The number of para-hydroxylation sites is 1. The van der Waals surface area contributed by atoms with Crippen LogP contribution in [-0.2, 0) is 20.9 Å². The van der Waals surface area contributed by atoms with Crippen molar-refractivity contribution in [1.29, 1.82) is 0 Å². The van der Waals surface area contributed by atoms with Crippen molar-refractivity contribution in [3.8, 4) is 11.4 Å². The first kappa shape index (κ1) is 22.4. The molecule has 3 unspecified atom stereocenters. The minimum atomic E-state index is -1.35. The molecule has 34 heavy (non-hydrogen) atoms. The summed E-state index contributed by atoms with van der Waals surface area (Å²) in [6.45, 7) is 4.79. The zero-order valence-electron chi connectivity index (χ0n) is 19.3. The largest absolute Gasteiger partial charge is 0.456 e. The summed E-state index contributed by atoms with van der Waals surface area (Å²) in [6, 6.07) is 10.0. The lowest BCUT2D eigenvalue weighted by Gasteiger charge is -2.22. The molecule has 3 N–H and O–H groups in total. The number of hydrogen-bond donors (Lipinski definition) is 2. The average molecular weight is 461 g/mol. The zero-order chi connectivity index (χ0) is 24.0. The van der Waals surface area contributed by atoms with Crippen LogP contribution in [0.4, 0.5) is 0 Å². The smallest absolute Gasteiger partial charge is 0.331 e. The van der Waals surface area contributed by atoms with Crippen molar-refractivity contribution in [1.82, 2.24) is 14.9 Å². The molecule has 2 aromatic heterocycles. The first-order chi connectivity index (χ1) is 16.4. The minimum Gasteiger partial charge on any atom is -0.456 e. The van der Waals surface area contributed by atoms with Gasteiger partial charge in [-0.05, 0) is 50.9 Å². The summed E-state index contributed by atoms with van der Waals surface area (Å²) < 4.78 is 7.41. The van der Waals surface area contributed by atoms with Gasteiger partial charge in [-0.15, -0.1) is 0 Å². The van der Waals surface area contributed by atoms with Crippen LogP contribution in [0.1, 0.15) is 49.0 Å². The van der Waals surface area contributed by atoms with E-state index in [1.807, 2.05) is 37.3 Å². The number of nitrogens with two attached hydrogens (primary N) is 1. The Bertz CT molecular complexity index is 1360. The van der Waals surface area contributed by atoms with Crippen LogP contribution in [0.2, 0.25) is 0 Å². The van der Waals surface area contributed by atoms with Gasteiger partial charge in [0.1, 0.15) is 6.10 Å². The number of carbonyl (C=O) groups is 2. The number of rotatable bonds is 6. The molecule has 0 saturated carbocycles. The monoisotopic (exact) mass is 460 g/mol. The molecule has 0 radical (unpaired) electrons. The molecule has 1 aromatic carbocycles. The van der Waals surface area contributed by atoms with Gasteiger partial charge in [0.2, 0.25) is 0 Å². The summed E-state index contributed by atoms with van der Waals surface area (Å²) in [5.74, 6) is -1.12. The second kappa shape index (κ2) is 8.77. The molecule has 8 heteroatoms. The Morgan fingerprint density at radius 3 is 2.82 bits per heavy atom. The molecule has 3 aromatic rings. The topological polar surface area (TPSA) is 116 Å². The fraction of sp³-hybridized carbons (Fsp3) is 0.385. The Morgan fingerprint density at radius 1 is 1.29 bits per heavy atom. The van der Waals surface area contributed by atoms with Crippen molar-refractivity contribution in [3.05, 3.63) is 63.4 Å². The van der Waals surface area contributed by atoms with Gasteiger partial charge in [-0.3, -0.25) is 9.59 Å². The molecule has 2 aliphatic heterocycles. The molecule has 1 saturated heterocycles. The SMILES string of the molecule is CCC(OC(=O)C(N)C(=O)C1CCCN1)c1cc2n(c(=O)c1C)Cc1cc3ccccc3nc1-2. The van der Waals surface area contributed by atoms with E-state index in [1.54, 1.807) is 11.5 Å². The highest BCUT2D eigenvalue weighted by molar-refractivity contribution is 6.05. The summed E-state index contributed by atoms with van der Waals surface area (Å²) in [6.07, 6.45) is 1.29. The summed E-state index contributed by atoms with van der Waals surface area (Å²) >= 11 is 0. The maximum absolute atomic E-state index is 13.3. The number of hydrogen-bond acceptors (Lipinski definition) is 7. The van der Waals surface area contributed by atoms with Crippen LogP contribution in [0.15, 0.2) is 41.2 Å². The number of carbonyl (C=O) groups excluding carboxylic acids is 2. The van der Waals surface area contributed by atoms with E-state index < -0.39 is 24.2 Å². The molecule has 1 fully saturated rings. The Kier molecular flexibility index (Phi) is 5.79. The van der Waals surface area contributed by atoms with E-state index in [4.69, 9.17) is 15.5 Å². The number of Topliss-reactive ketones (excluding diaryl/α,β-unsaturated/α-hetero) is 1. The van der Waals surface area contributed by atoms with Gasteiger partial charge in [0.15, 0.2) is 11.8 Å². The molecule has 176 valence electrons. The molecule has 2 aliphatic rings. The number of nitrogens with zero attached hydrogens (tertiary/aromatic N) is 2. The molecule has 4 heterocycles. The van der Waals surface area contributed by atoms with Gasteiger partial charge >= 0.3 is 5.97 Å². The highest BCUT2D eigenvalue weighted by Crippen LogP contribution is 2.34. The van der Waals surface area contributed by atoms with Gasteiger partial charge in [-0.25, -0.2) is 9.78 Å². The number of ketones is 1. The molecular weight excluding hydrogens is 432 g/mol. The third kappa shape index (κ3) is 3.73. The Labute approximate surface area is 197 Å². The number of nitrogens with one attached hydrogen (secondary N) is 1. The van der Waals surface area contributed by atoms with E-state index in [0.717, 1.165) is 35.1 Å². The number of pyridine rings is 2. The van der Waals surface area contributed by atoms with Crippen LogP contribution < -0.4 is 16.6 Å². The van der Waals surface area contributed by atoms with Gasteiger partial charge < -0.3 is 20.4 Å². The average Bonchev–Trinajstić information content (AvgIpc) is 3.51. The number of ether oxygens (including phenoxy) is 1. The lowest BCUT2D eigenvalue weighted by atomic mass is 10.0. The summed E-state index contributed by atoms with van der Waals surface area (Å²) in [5, 5.41) is 4.09. The number of aromatic nitrogens is 2. The Balaban J connectivity index is 1.47. The second-order valence-electron chi connectivity index (χ2n) is 9.05. The lowest BCUT2D eigenvalue weighted by molar-refractivity contribution is -0.153. The van der Waals surface area contributed by atoms with Gasteiger partial charge in [0, 0.05) is 22.1 Å². The maximum atomic E-state index is 13.3. The van der Waals surface area contributed by atoms with Crippen LogP contribution in [0.3, 0.4) is 0 Å². The van der Waals surface area contributed by atoms with E-state index in [2.05, 4.69) is 11.4 Å². The highest BCUT2D eigenvalue weighted by atomic mass is 16.5. The van der Waals surface area contributed by atoms with Crippen LogP contribution in [0.5, 0.6) is 0 Å². The van der Waals surface area contributed by atoms with E-state index in [-0.39, 0.29) is 11.3 Å². The van der Waals surface area contributed by atoms with E-state index in [1.165, 1.54) is 0 Å². The standard InChI is InChI=1S/C26H28N4O4/c1-3-21(34-26(33)22(27)24(31)19-9-6-10-28-19)17-12-20-23-16(13-30(20)25(32)14(17)2)11-15-7-4-5-8-18(15)29-23/h4-5,7-8,11-12,19,21-22,28H,3,6,9-10,13,27H2,1-2H3. The second-order valence-corrected chi connectivity index (χ2v) is 9.05. The summed E-state index contributed by atoms with van der Waals surface area (Å²) in [5.41, 5.74) is 10.2. The molecule has 5 rings (SSSR count). The summed E-state index contributed by atoms with van der Waals surface area (Å²) in [7, 11) is 0. The zero-order valence-corrected chi connectivity index (χ0v) is 19.3. The quantitative estimate of drug-likeness (QED) is 0.335. The fourth-order valence-corrected chi connectivity index (χ4v) is 4.97. The van der Waals surface area contributed by atoms with Crippen molar-refractivity contribution < 1.29 is 14.3 Å². The van der Waals surface area contributed by atoms with Gasteiger partial charge in [0.05, 0.1) is 29.5 Å². The van der Waals surface area contributed by atoms with Crippen molar-refractivity contribution in [2.75, 3.05) is 6.54 Å². The van der Waals surface area contributed by atoms with Crippen molar-refractivity contribution in [2.45, 2.75) is 57.8 Å². The molecule has 3 atom stereocenters. The third-order valence-electron chi connectivity index (χ3n) is 6.90. The van der Waals surface area contributed by atoms with Crippen molar-refractivity contribution >= 4 is 22.7 Å². The van der Waals surface area contributed by atoms with E-state index in [9.17, 15) is 14.4 Å². The first-order valence-corrected chi connectivity index (χ1v) is 11.8. The number of benzene rings is 1. The van der Waals surface area contributed by atoms with Gasteiger partial charge in [-0.2, -0.15) is 0 Å². The fourth-order valence-electron chi connectivity index (χ4n) is 4.97. The predicted octanol–water partition coefficient (Wildman–Crippen LogP) is 2.38. The Morgan fingerprint density at radius 2 is 2.09 bits per heavy atom. The lowest BCUT2D eigenvalue weighted by Crippen LogP contribution is -2.48. The van der Waals surface area contributed by atoms with E-state index in [0.29, 0.717) is 36.2 Å². The minimum absolute atomic E-state index is 0.139. The van der Waals surface area contributed by atoms with Crippen molar-refractivity contribution in [2.24, 2.45) is 5.73 Å². The summed E-state index contributed by atoms with van der Waals surface area (Å²) in [4.78, 5) is 43.4. The highest BCUT2D eigenvalue weighted by Gasteiger charge is 2.34. The third-order valence-corrected chi connectivity index (χ3v) is 6.90. The van der Waals surface area contributed by atoms with Gasteiger partial charge in [0.25, 0.3) is 5.56 Å². The molecule has 0 bridgehead atoms.